The minimum absolute atomic E-state index is 0.578. The smallest absolute Gasteiger partial charge is 0.328 e. The number of nitrogens with zero attached hydrogens (tertiary/aromatic N) is 2. The molecule has 0 fully saturated rings. The van der Waals surface area contributed by atoms with Gasteiger partial charge in [0.1, 0.15) is 6.04 Å². The summed E-state index contributed by atoms with van der Waals surface area (Å²) < 4.78 is 1.60. The number of carboxylic acids is 1. The molecule has 4 heteroatoms. The summed E-state index contributed by atoms with van der Waals surface area (Å²) in [6, 6.07) is 1.39. The average molecular weight is 196 g/mol. The molecule has 0 aliphatic rings. The van der Waals surface area contributed by atoms with Gasteiger partial charge in [0.15, 0.2) is 0 Å². The van der Waals surface area contributed by atoms with E-state index in [2.05, 4.69) is 5.10 Å². The molecule has 4 nitrogen and oxygen atoms in total. The predicted octanol–water partition coefficient (Wildman–Crippen LogP) is 1.65. The van der Waals surface area contributed by atoms with Gasteiger partial charge in [0, 0.05) is 5.69 Å². The SMILES string of the molecule is CCc1cc(CC)n(C(C)C(=O)O)n1. The first-order chi connectivity index (χ1) is 6.60. The average Bonchev–Trinajstić information content (AvgIpc) is 2.59. The molecule has 1 atom stereocenters. The number of hydrogen-bond acceptors (Lipinski definition) is 2. The summed E-state index contributed by atoms with van der Waals surface area (Å²) in [5.41, 5.74) is 1.94. The molecule has 78 valence electrons. The Morgan fingerprint density at radius 3 is 2.64 bits per heavy atom. The Morgan fingerprint density at radius 2 is 2.21 bits per heavy atom. The van der Waals surface area contributed by atoms with Crippen LogP contribution < -0.4 is 0 Å². The first kappa shape index (κ1) is 10.8. The van der Waals surface area contributed by atoms with Gasteiger partial charge in [0.25, 0.3) is 0 Å². The van der Waals surface area contributed by atoms with Crippen molar-refractivity contribution < 1.29 is 9.90 Å². The van der Waals surface area contributed by atoms with Gasteiger partial charge in [0.05, 0.1) is 5.69 Å². The molecular formula is C10H16N2O2. The molecule has 0 spiro atoms. The van der Waals surface area contributed by atoms with Gasteiger partial charge in [0.2, 0.25) is 0 Å². The molecule has 0 aliphatic carbocycles. The van der Waals surface area contributed by atoms with Crippen molar-refractivity contribution in [1.29, 1.82) is 0 Å². The van der Waals surface area contributed by atoms with Crippen molar-refractivity contribution in [2.75, 3.05) is 0 Å². The molecule has 0 amide bonds. The first-order valence-electron chi connectivity index (χ1n) is 4.90. The second kappa shape index (κ2) is 4.26. The van der Waals surface area contributed by atoms with Gasteiger partial charge >= 0.3 is 5.97 Å². The maximum atomic E-state index is 10.8. The Morgan fingerprint density at radius 1 is 1.57 bits per heavy atom. The van der Waals surface area contributed by atoms with Gasteiger partial charge in [-0.2, -0.15) is 5.10 Å². The molecule has 1 aromatic rings. The number of aryl methyl sites for hydroxylation is 2. The lowest BCUT2D eigenvalue weighted by Crippen LogP contribution is -2.18. The predicted molar refractivity (Wildman–Crippen MR) is 53.3 cm³/mol. The summed E-state index contributed by atoms with van der Waals surface area (Å²) in [5.74, 6) is -0.842. The fourth-order valence-corrected chi connectivity index (χ4v) is 1.37. The van der Waals surface area contributed by atoms with Crippen molar-refractivity contribution in [3.8, 4) is 0 Å². The number of aliphatic carboxylic acids is 1. The fraction of sp³-hybridized carbons (Fsp3) is 0.600. The third-order valence-corrected chi connectivity index (χ3v) is 2.31. The van der Waals surface area contributed by atoms with E-state index in [1.165, 1.54) is 0 Å². The molecular weight excluding hydrogens is 180 g/mol. The Hall–Kier alpha value is -1.32. The van der Waals surface area contributed by atoms with Crippen LogP contribution in [0, 0.1) is 0 Å². The van der Waals surface area contributed by atoms with E-state index >= 15 is 0 Å². The summed E-state index contributed by atoms with van der Waals surface area (Å²) in [6.45, 7) is 5.66. The zero-order valence-electron chi connectivity index (χ0n) is 8.82. The van der Waals surface area contributed by atoms with Crippen LogP contribution in [-0.4, -0.2) is 20.9 Å². The molecule has 0 bridgehead atoms. The molecule has 0 radical (unpaired) electrons. The van der Waals surface area contributed by atoms with Crippen molar-refractivity contribution in [2.24, 2.45) is 0 Å². The minimum atomic E-state index is -0.842. The molecule has 14 heavy (non-hydrogen) atoms. The number of carboxylic acid groups (broad SMARTS) is 1. The normalized spacial score (nSPS) is 12.8. The van der Waals surface area contributed by atoms with Gasteiger partial charge in [-0.05, 0) is 25.8 Å². The number of hydrogen-bond donors (Lipinski definition) is 1. The first-order valence-corrected chi connectivity index (χ1v) is 4.90. The Labute approximate surface area is 83.5 Å². The van der Waals surface area contributed by atoms with Crippen LogP contribution in [0.2, 0.25) is 0 Å². The quantitative estimate of drug-likeness (QED) is 0.796. The highest BCUT2D eigenvalue weighted by Gasteiger charge is 2.17. The van der Waals surface area contributed by atoms with Crippen LogP contribution >= 0.6 is 0 Å². The van der Waals surface area contributed by atoms with Crippen LogP contribution in [-0.2, 0) is 17.6 Å². The minimum Gasteiger partial charge on any atom is -0.480 e. The summed E-state index contributed by atoms with van der Waals surface area (Å²) >= 11 is 0. The van der Waals surface area contributed by atoms with Crippen LogP contribution in [0.1, 0.15) is 38.2 Å². The van der Waals surface area contributed by atoms with E-state index in [0.29, 0.717) is 0 Å². The summed E-state index contributed by atoms with van der Waals surface area (Å²) in [5, 5.41) is 13.1. The maximum Gasteiger partial charge on any atom is 0.328 e. The third-order valence-electron chi connectivity index (χ3n) is 2.31. The van der Waals surface area contributed by atoms with E-state index in [1.54, 1.807) is 11.6 Å². The Kier molecular flexibility index (Phi) is 3.28. The van der Waals surface area contributed by atoms with Crippen molar-refractivity contribution in [3.05, 3.63) is 17.5 Å². The van der Waals surface area contributed by atoms with E-state index in [9.17, 15) is 4.79 Å². The molecule has 0 saturated heterocycles. The lowest BCUT2D eigenvalue weighted by Gasteiger charge is -2.09. The zero-order chi connectivity index (χ0) is 10.7. The van der Waals surface area contributed by atoms with Crippen molar-refractivity contribution in [1.82, 2.24) is 9.78 Å². The Bertz CT molecular complexity index is 331. The van der Waals surface area contributed by atoms with Crippen LogP contribution in [0.4, 0.5) is 0 Å². The molecule has 1 N–H and O–H groups in total. The summed E-state index contributed by atoms with van der Waals surface area (Å²) in [6.07, 6.45) is 1.65. The molecule has 1 rings (SSSR count). The third kappa shape index (κ3) is 1.95. The van der Waals surface area contributed by atoms with Gasteiger partial charge in [-0.15, -0.1) is 0 Å². The van der Waals surface area contributed by atoms with Gasteiger partial charge in [-0.3, -0.25) is 4.68 Å². The highest BCUT2D eigenvalue weighted by molar-refractivity contribution is 5.71. The topological polar surface area (TPSA) is 55.1 Å². The molecule has 1 heterocycles. The lowest BCUT2D eigenvalue weighted by molar-refractivity contribution is -0.140. The number of rotatable bonds is 4. The fourth-order valence-electron chi connectivity index (χ4n) is 1.37. The van der Waals surface area contributed by atoms with Crippen LogP contribution in [0.5, 0.6) is 0 Å². The van der Waals surface area contributed by atoms with Gasteiger partial charge in [-0.1, -0.05) is 13.8 Å². The van der Waals surface area contributed by atoms with E-state index in [4.69, 9.17) is 5.11 Å². The monoisotopic (exact) mass is 196 g/mol. The van der Waals surface area contributed by atoms with E-state index in [0.717, 1.165) is 24.2 Å². The molecule has 0 saturated carbocycles. The highest BCUT2D eigenvalue weighted by atomic mass is 16.4. The second-order valence-corrected chi connectivity index (χ2v) is 3.29. The van der Waals surface area contributed by atoms with E-state index < -0.39 is 12.0 Å². The standard InChI is InChI=1S/C10H16N2O2/c1-4-8-6-9(5-2)12(11-8)7(3)10(13)14/h6-7H,4-5H2,1-3H3,(H,13,14). The highest BCUT2D eigenvalue weighted by Crippen LogP contribution is 2.13. The zero-order valence-corrected chi connectivity index (χ0v) is 8.82. The Balaban J connectivity index is 3.05. The van der Waals surface area contributed by atoms with Crippen molar-refractivity contribution >= 4 is 5.97 Å². The van der Waals surface area contributed by atoms with Crippen molar-refractivity contribution in [2.45, 2.75) is 39.7 Å². The summed E-state index contributed by atoms with van der Waals surface area (Å²) in [4.78, 5) is 10.8. The van der Waals surface area contributed by atoms with Gasteiger partial charge in [-0.25, -0.2) is 4.79 Å². The molecule has 0 aromatic carbocycles. The molecule has 1 unspecified atom stereocenters. The molecule has 0 aliphatic heterocycles. The maximum absolute atomic E-state index is 10.8. The molecule has 1 aromatic heterocycles. The van der Waals surface area contributed by atoms with Crippen LogP contribution in [0.3, 0.4) is 0 Å². The lowest BCUT2D eigenvalue weighted by atomic mass is 10.2. The second-order valence-electron chi connectivity index (χ2n) is 3.29. The van der Waals surface area contributed by atoms with E-state index in [1.807, 2.05) is 19.9 Å². The van der Waals surface area contributed by atoms with Crippen LogP contribution in [0.15, 0.2) is 6.07 Å². The van der Waals surface area contributed by atoms with Crippen molar-refractivity contribution in [3.63, 3.8) is 0 Å². The number of carbonyl (C=O) groups is 1. The van der Waals surface area contributed by atoms with E-state index in [-0.39, 0.29) is 0 Å². The summed E-state index contributed by atoms with van der Waals surface area (Å²) in [7, 11) is 0. The largest absolute Gasteiger partial charge is 0.480 e. The van der Waals surface area contributed by atoms with Gasteiger partial charge < -0.3 is 5.11 Å². The number of aromatic nitrogens is 2. The van der Waals surface area contributed by atoms with Crippen LogP contribution in [0.25, 0.3) is 0 Å².